The molecule has 0 radical (unpaired) electrons. The van der Waals surface area contributed by atoms with Crippen LogP contribution in [0.15, 0.2) is 46.4 Å². The Hall–Kier alpha value is -1.15. The van der Waals surface area contributed by atoms with Crippen LogP contribution in [0.5, 0.6) is 0 Å². The number of nitrogens with one attached hydrogen (secondary N) is 1. The third-order valence-electron chi connectivity index (χ3n) is 2.98. The molecule has 0 unspecified atom stereocenters. The summed E-state index contributed by atoms with van der Waals surface area (Å²) in [5.74, 6) is 0. The standard InChI is InChI=1S/C15H19NS/c1-11-6-4-8-14(10-11)16-13(3)17-15-9-5-7-12(15)2/h4,6,8,10,16H,3,5,7,9H2,1-2H3. The zero-order valence-corrected chi connectivity index (χ0v) is 11.4. The van der Waals surface area contributed by atoms with Gasteiger partial charge in [0.25, 0.3) is 0 Å². The van der Waals surface area contributed by atoms with E-state index < -0.39 is 0 Å². The van der Waals surface area contributed by atoms with Gasteiger partial charge in [-0.05, 0) is 55.7 Å². The van der Waals surface area contributed by atoms with Gasteiger partial charge in [-0.2, -0.15) is 0 Å². The van der Waals surface area contributed by atoms with Gasteiger partial charge in [-0.25, -0.2) is 0 Å². The maximum Gasteiger partial charge on any atom is 0.0697 e. The zero-order chi connectivity index (χ0) is 12.3. The van der Waals surface area contributed by atoms with E-state index in [0.717, 1.165) is 10.7 Å². The number of benzene rings is 1. The summed E-state index contributed by atoms with van der Waals surface area (Å²) in [4.78, 5) is 1.50. The highest BCUT2D eigenvalue weighted by atomic mass is 32.2. The van der Waals surface area contributed by atoms with Crippen molar-refractivity contribution in [2.45, 2.75) is 33.1 Å². The van der Waals surface area contributed by atoms with Gasteiger partial charge in [0.05, 0.1) is 5.03 Å². The molecule has 1 aliphatic rings. The van der Waals surface area contributed by atoms with Gasteiger partial charge in [-0.3, -0.25) is 0 Å². The summed E-state index contributed by atoms with van der Waals surface area (Å²) < 4.78 is 0. The molecule has 0 heterocycles. The SMILES string of the molecule is C=C(Nc1cccc(C)c1)SC1=C(C)CCC1. The average Bonchev–Trinajstić information content (AvgIpc) is 2.64. The highest BCUT2D eigenvalue weighted by molar-refractivity contribution is 8.06. The van der Waals surface area contributed by atoms with Gasteiger partial charge < -0.3 is 5.32 Å². The molecule has 0 fully saturated rings. The van der Waals surface area contributed by atoms with Crippen LogP contribution >= 0.6 is 11.8 Å². The van der Waals surface area contributed by atoms with Crippen molar-refractivity contribution >= 4 is 17.4 Å². The zero-order valence-electron chi connectivity index (χ0n) is 10.5. The largest absolute Gasteiger partial charge is 0.350 e. The summed E-state index contributed by atoms with van der Waals surface area (Å²) in [6, 6.07) is 8.39. The van der Waals surface area contributed by atoms with E-state index >= 15 is 0 Å². The van der Waals surface area contributed by atoms with Crippen molar-refractivity contribution in [2.24, 2.45) is 0 Å². The number of hydrogen-bond acceptors (Lipinski definition) is 2. The highest BCUT2D eigenvalue weighted by Gasteiger charge is 2.12. The average molecular weight is 245 g/mol. The topological polar surface area (TPSA) is 12.0 Å². The first-order valence-electron chi connectivity index (χ1n) is 6.04. The van der Waals surface area contributed by atoms with Crippen molar-refractivity contribution in [3.8, 4) is 0 Å². The maximum absolute atomic E-state index is 4.10. The fraction of sp³-hybridized carbons (Fsp3) is 0.333. The molecule has 0 saturated heterocycles. The number of aryl methyl sites for hydroxylation is 1. The number of allylic oxidation sites excluding steroid dienone is 2. The molecule has 0 atom stereocenters. The van der Waals surface area contributed by atoms with E-state index in [-0.39, 0.29) is 0 Å². The predicted octanol–water partition coefficient (Wildman–Crippen LogP) is 5.07. The van der Waals surface area contributed by atoms with Crippen LogP contribution in [-0.4, -0.2) is 0 Å². The summed E-state index contributed by atoms with van der Waals surface area (Å²) in [5, 5.41) is 4.38. The van der Waals surface area contributed by atoms with Crippen LogP contribution in [0.3, 0.4) is 0 Å². The summed E-state index contributed by atoms with van der Waals surface area (Å²) in [7, 11) is 0. The van der Waals surface area contributed by atoms with Crippen molar-refractivity contribution in [3.05, 3.63) is 51.9 Å². The second kappa shape index (κ2) is 5.46. The lowest BCUT2D eigenvalue weighted by atomic mass is 10.2. The molecule has 0 amide bonds. The van der Waals surface area contributed by atoms with E-state index in [4.69, 9.17) is 0 Å². The first-order valence-corrected chi connectivity index (χ1v) is 6.86. The fourth-order valence-electron chi connectivity index (χ4n) is 2.06. The van der Waals surface area contributed by atoms with Crippen LogP contribution in [0.25, 0.3) is 0 Å². The third-order valence-corrected chi connectivity index (χ3v) is 4.13. The Morgan fingerprint density at radius 1 is 1.29 bits per heavy atom. The Bertz CT molecular complexity index is 460. The molecular weight excluding hydrogens is 226 g/mol. The number of thioether (sulfide) groups is 1. The molecule has 1 aliphatic carbocycles. The quantitative estimate of drug-likeness (QED) is 0.795. The molecule has 0 aliphatic heterocycles. The number of anilines is 1. The summed E-state index contributed by atoms with van der Waals surface area (Å²) in [5.41, 5.74) is 3.92. The Balaban J connectivity index is 1.96. The molecule has 0 saturated carbocycles. The van der Waals surface area contributed by atoms with Gasteiger partial charge in [0, 0.05) is 5.69 Å². The smallest absolute Gasteiger partial charge is 0.0697 e. The van der Waals surface area contributed by atoms with Crippen molar-refractivity contribution in [1.29, 1.82) is 0 Å². The van der Waals surface area contributed by atoms with Gasteiger partial charge in [0.2, 0.25) is 0 Å². The fourth-order valence-corrected chi connectivity index (χ4v) is 3.05. The molecule has 90 valence electrons. The van der Waals surface area contributed by atoms with Crippen LogP contribution in [0.4, 0.5) is 5.69 Å². The van der Waals surface area contributed by atoms with Gasteiger partial charge in [-0.1, -0.05) is 36.0 Å². The molecular formula is C15H19NS. The van der Waals surface area contributed by atoms with Gasteiger partial charge >= 0.3 is 0 Å². The molecule has 1 nitrogen and oxygen atoms in total. The lowest BCUT2D eigenvalue weighted by Crippen LogP contribution is -1.95. The van der Waals surface area contributed by atoms with Crippen LogP contribution in [-0.2, 0) is 0 Å². The van der Waals surface area contributed by atoms with E-state index in [9.17, 15) is 0 Å². The molecule has 0 aromatic heterocycles. The second-order valence-electron chi connectivity index (χ2n) is 4.58. The first-order chi connectivity index (χ1) is 8.15. The number of hydrogen-bond donors (Lipinski definition) is 1. The summed E-state index contributed by atoms with van der Waals surface area (Å²) >= 11 is 1.79. The molecule has 1 aromatic carbocycles. The number of rotatable bonds is 4. The molecule has 1 N–H and O–H groups in total. The third kappa shape index (κ3) is 3.40. The lowest BCUT2D eigenvalue weighted by molar-refractivity contribution is 0.904. The van der Waals surface area contributed by atoms with E-state index in [0.29, 0.717) is 0 Å². The Morgan fingerprint density at radius 3 is 2.76 bits per heavy atom. The van der Waals surface area contributed by atoms with Crippen LogP contribution in [0.1, 0.15) is 31.7 Å². The van der Waals surface area contributed by atoms with Gasteiger partial charge in [0.15, 0.2) is 0 Å². The minimum absolute atomic E-state index is 1.02. The second-order valence-corrected chi connectivity index (χ2v) is 5.77. The lowest BCUT2D eigenvalue weighted by Gasteiger charge is -2.11. The highest BCUT2D eigenvalue weighted by Crippen LogP contribution is 2.37. The molecule has 0 spiro atoms. The Kier molecular flexibility index (Phi) is 3.95. The molecule has 17 heavy (non-hydrogen) atoms. The van der Waals surface area contributed by atoms with Crippen molar-refractivity contribution in [1.82, 2.24) is 0 Å². The minimum atomic E-state index is 1.02. The molecule has 1 aromatic rings. The maximum atomic E-state index is 4.10. The first kappa shape index (κ1) is 12.3. The van der Waals surface area contributed by atoms with Gasteiger partial charge in [-0.15, -0.1) is 0 Å². The summed E-state index contributed by atoms with van der Waals surface area (Å²) in [6.07, 6.45) is 3.76. The summed E-state index contributed by atoms with van der Waals surface area (Å²) in [6.45, 7) is 8.43. The van der Waals surface area contributed by atoms with Gasteiger partial charge in [0.1, 0.15) is 0 Å². The Morgan fingerprint density at radius 2 is 2.12 bits per heavy atom. The molecule has 0 bridgehead atoms. The van der Waals surface area contributed by atoms with Crippen LogP contribution < -0.4 is 5.32 Å². The van der Waals surface area contributed by atoms with Crippen molar-refractivity contribution < 1.29 is 0 Å². The minimum Gasteiger partial charge on any atom is -0.350 e. The predicted molar refractivity (Wildman–Crippen MR) is 78.1 cm³/mol. The monoisotopic (exact) mass is 245 g/mol. The molecule has 2 rings (SSSR count). The van der Waals surface area contributed by atoms with Crippen molar-refractivity contribution in [2.75, 3.05) is 5.32 Å². The van der Waals surface area contributed by atoms with E-state index in [1.807, 2.05) is 0 Å². The van der Waals surface area contributed by atoms with E-state index in [1.165, 1.54) is 35.3 Å². The van der Waals surface area contributed by atoms with E-state index in [1.54, 1.807) is 11.8 Å². The molecule has 2 heteroatoms. The van der Waals surface area contributed by atoms with Crippen LogP contribution in [0, 0.1) is 6.92 Å². The van der Waals surface area contributed by atoms with E-state index in [2.05, 4.69) is 50.0 Å². The Labute approximate surface area is 108 Å². The normalized spacial score (nSPS) is 15.2. The van der Waals surface area contributed by atoms with Crippen molar-refractivity contribution in [3.63, 3.8) is 0 Å². The van der Waals surface area contributed by atoms with Crippen LogP contribution in [0.2, 0.25) is 0 Å².